The Bertz CT molecular complexity index is 182. The molecule has 1 fully saturated rings. The highest BCUT2D eigenvalue weighted by atomic mass is 16.1. The minimum absolute atomic E-state index is 0.446. The SMILES string of the molecule is O=[C]N1CCCCC1=C=O. The van der Waals surface area contributed by atoms with E-state index in [1.807, 2.05) is 0 Å². The van der Waals surface area contributed by atoms with Crippen LogP contribution in [0.5, 0.6) is 0 Å². The van der Waals surface area contributed by atoms with E-state index in [1.165, 1.54) is 4.90 Å². The molecule has 10 heavy (non-hydrogen) atoms. The highest BCUT2D eigenvalue weighted by Gasteiger charge is 2.14. The highest BCUT2D eigenvalue weighted by molar-refractivity contribution is 5.62. The molecule has 1 radical (unpaired) electrons. The van der Waals surface area contributed by atoms with Gasteiger partial charge in [-0.15, -0.1) is 0 Å². The normalized spacial score (nSPS) is 18.4. The Morgan fingerprint density at radius 3 is 2.60 bits per heavy atom. The lowest BCUT2D eigenvalue weighted by Gasteiger charge is -2.21. The zero-order valence-electron chi connectivity index (χ0n) is 5.59. The molecule has 0 saturated carbocycles. The van der Waals surface area contributed by atoms with Crippen molar-refractivity contribution in [2.75, 3.05) is 6.54 Å². The maximum absolute atomic E-state index is 10.1. The van der Waals surface area contributed by atoms with Crippen LogP contribution in [0.1, 0.15) is 19.3 Å². The van der Waals surface area contributed by atoms with Gasteiger partial charge in [-0.3, -0.25) is 9.69 Å². The van der Waals surface area contributed by atoms with Crippen LogP contribution in [0.3, 0.4) is 0 Å². The maximum atomic E-state index is 10.1. The average molecular weight is 138 g/mol. The third kappa shape index (κ3) is 1.25. The van der Waals surface area contributed by atoms with Crippen molar-refractivity contribution >= 4 is 12.4 Å². The van der Waals surface area contributed by atoms with Gasteiger partial charge in [-0.2, -0.15) is 0 Å². The number of nitrogens with zero attached hydrogens (tertiary/aromatic N) is 1. The monoisotopic (exact) mass is 138 g/mol. The summed E-state index contributed by atoms with van der Waals surface area (Å²) in [5.41, 5.74) is 0.446. The minimum Gasteiger partial charge on any atom is -0.298 e. The van der Waals surface area contributed by atoms with Gasteiger partial charge in [0.25, 0.3) is 0 Å². The second-order valence-electron chi connectivity index (χ2n) is 2.25. The van der Waals surface area contributed by atoms with Crippen molar-refractivity contribution in [1.29, 1.82) is 0 Å². The van der Waals surface area contributed by atoms with Gasteiger partial charge >= 0.3 is 6.41 Å². The molecule has 0 unspecified atom stereocenters. The van der Waals surface area contributed by atoms with E-state index in [1.54, 1.807) is 12.4 Å². The number of likely N-dealkylation sites (tertiary alicyclic amines) is 1. The molecular weight excluding hydrogens is 130 g/mol. The zero-order chi connectivity index (χ0) is 7.40. The summed E-state index contributed by atoms with van der Waals surface area (Å²) < 4.78 is 0. The Morgan fingerprint density at radius 2 is 2.10 bits per heavy atom. The summed E-state index contributed by atoms with van der Waals surface area (Å²) in [5, 5.41) is 0. The average Bonchev–Trinajstić information content (AvgIpc) is 2.04. The molecule has 3 heteroatoms. The Morgan fingerprint density at radius 1 is 1.30 bits per heavy atom. The topological polar surface area (TPSA) is 37.4 Å². The molecule has 0 atom stereocenters. The first-order valence-electron chi connectivity index (χ1n) is 3.28. The molecule has 0 aliphatic carbocycles. The Balaban J connectivity index is 2.68. The van der Waals surface area contributed by atoms with Gasteiger partial charge in [-0.05, 0) is 19.3 Å². The van der Waals surface area contributed by atoms with E-state index in [9.17, 15) is 9.59 Å². The van der Waals surface area contributed by atoms with Crippen molar-refractivity contribution in [2.45, 2.75) is 19.3 Å². The second-order valence-corrected chi connectivity index (χ2v) is 2.25. The summed E-state index contributed by atoms with van der Waals surface area (Å²) in [6.07, 6.45) is 4.29. The predicted molar refractivity (Wildman–Crippen MR) is 35.5 cm³/mol. The summed E-state index contributed by atoms with van der Waals surface area (Å²) in [7, 11) is 0. The smallest absolute Gasteiger partial charge is 0.298 e. The van der Waals surface area contributed by atoms with E-state index in [-0.39, 0.29) is 0 Å². The van der Waals surface area contributed by atoms with E-state index in [0.29, 0.717) is 18.7 Å². The number of piperidine rings is 1. The molecule has 0 bridgehead atoms. The molecule has 0 aromatic heterocycles. The van der Waals surface area contributed by atoms with Crippen LogP contribution in [0.2, 0.25) is 0 Å². The van der Waals surface area contributed by atoms with Crippen LogP contribution >= 0.6 is 0 Å². The second kappa shape index (κ2) is 3.18. The molecule has 0 aromatic rings. The van der Waals surface area contributed by atoms with Gasteiger partial charge in [-0.25, -0.2) is 4.79 Å². The fourth-order valence-electron chi connectivity index (χ4n) is 1.04. The fourth-order valence-corrected chi connectivity index (χ4v) is 1.04. The number of amides is 1. The lowest BCUT2D eigenvalue weighted by Crippen LogP contribution is -2.26. The van der Waals surface area contributed by atoms with E-state index in [2.05, 4.69) is 0 Å². The summed E-state index contributed by atoms with van der Waals surface area (Å²) >= 11 is 0. The van der Waals surface area contributed by atoms with Crippen LogP contribution in [0.15, 0.2) is 5.70 Å². The van der Waals surface area contributed by atoms with E-state index in [4.69, 9.17) is 0 Å². The lowest BCUT2D eigenvalue weighted by atomic mass is 10.1. The first kappa shape index (κ1) is 7.03. The van der Waals surface area contributed by atoms with Crippen molar-refractivity contribution in [3.8, 4) is 0 Å². The largest absolute Gasteiger partial charge is 0.317 e. The number of carbonyl (C=O) groups excluding carboxylic acids is 2. The van der Waals surface area contributed by atoms with Crippen molar-refractivity contribution in [3.63, 3.8) is 0 Å². The Kier molecular flexibility index (Phi) is 2.24. The van der Waals surface area contributed by atoms with Crippen LogP contribution in [0.4, 0.5) is 0 Å². The minimum atomic E-state index is 0.446. The van der Waals surface area contributed by atoms with Gasteiger partial charge in [0.2, 0.25) is 0 Å². The van der Waals surface area contributed by atoms with Gasteiger partial charge in [0.05, 0.1) is 0 Å². The first-order valence-corrected chi connectivity index (χ1v) is 3.28. The molecule has 0 aromatic carbocycles. The molecule has 53 valence electrons. The number of rotatable bonds is 1. The van der Waals surface area contributed by atoms with Gasteiger partial charge in [0, 0.05) is 6.54 Å². The fraction of sp³-hybridized carbons (Fsp3) is 0.571. The van der Waals surface area contributed by atoms with Crippen LogP contribution in [0.25, 0.3) is 0 Å². The number of hydrogen-bond donors (Lipinski definition) is 0. The summed E-state index contributed by atoms with van der Waals surface area (Å²) in [6, 6.07) is 0. The molecule has 1 heterocycles. The van der Waals surface area contributed by atoms with Gasteiger partial charge in [-0.1, -0.05) is 0 Å². The molecular formula is C7H8NO2. The maximum Gasteiger partial charge on any atom is 0.317 e. The van der Waals surface area contributed by atoms with Gasteiger partial charge < -0.3 is 0 Å². The molecule has 1 aliphatic heterocycles. The summed E-state index contributed by atoms with van der Waals surface area (Å²) in [6.45, 7) is 0.619. The third-order valence-electron chi connectivity index (χ3n) is 1.60. The molecule has 1 amide bonds. The van der Waals surface area contributed by atoms with E-state index in [0.717, 1.165) is 12.8 Å². The third-order valence-corrected chi connectivity index (χ3v) is 1.60. The first-order chi connectivity index (χ1) is 4.88. The molecule has 1 saturated heterocycles. The highest BCUT2D eigenvalue weighted by Crippen LogP contribution is 2.15. The van der Waals surface area contributed by atoms with Crippen molar-refractivity contribution < 1.29 is 9.59 Å². The quantitative estimate of drug-likeness (QED) is 0.487. The van der Waals surface area contributed by atoms with Crippen molar-refractivity contribution in [2.24, 2.45) is 0 Å². The van der Waals surface area contributed by atoms with Crippen molar-refractivity contribution in [3.05, 3.63) is 5.70 Å². The Hall–Kier alpha value is -1.08. The number of hydrogen-bond acceptors (Lipinski definition) is 2. The van der Waals surface area contributed by atoms with Crippen LogP contribution in [-0.2, 0) is 9.59 Å². The summed E-state index contributed by atoms with van der Waals surface area (Å²) in [4.78, 5) is 21.6. The molecule has 0 spiro atoms. The molecule has 3 nitrogen and oxygen atoms in total. The van der Waals surface area contributed by atoms with Crippen LogP contribution in [-0.4, -0.2) is 23.8 Å². The van der Waals surface area contributed by atoms with Crippen LogP contribution < -0.4 is 0 Å². The number of allylic oxidation sites excluding steroid dienone is 1. The van der Waals surface area contributed by atoms with Crippen LogP contribution in [0, 0.1) is 0 Å². The van der Waals surface area contributed by atoms with Gasteiger partial charge in [0.15, 0.2) is 0 Å². The molecule has 1 rings (SSSR count). The predicted octanol–water partition coefficient (Wildman–Crippen LogP) is 0.255. The lowest BCUT2D eigenvalue weighted by molar-refractivity contribution is 0.382. The van der Waals surface area contributed by atoms with E-state index >= 15 is 0 Å². The zero-order valence-corrected chi connectivity index (χ0v) is 5.59. The van der Waals surface area contributed by atoms with Crippen molar-refractivity contribution in [1.82, 2.24) is 4.90 Å². The standard InChI is InChI=1S/C7H8NO2/c9-5-7-3-1-2-4-8(7)6-10/h1-4H2. The van der Waals surface area contributed by atoms with Gasteiger partial charge in [0.1, 0.15) is 11.6 Å². The Labute approximate surface area is 59.3 Å². The summed E-state index contributed by atoms with van der Waals surface area (Å²) in [5.74, 6) is 1.74. The van der Waals surface area contributed by atoms with E-state index < -0.39 is 0 Å². The molecule has 1 aliphatic rings. The molecule has 0 N–H and O–H groups in total.